The second kappa shape index (κ2) is 9.20. The Morgan fingerprint density at radius 3 is 2.73 bits per heavy atom. The summed E-state index contributed by atoms with van der Waals surface area (Å²) in [4.78, 5) is 12.1. The Balaban J connectivity index is 1.50. The first-order valence-electron chi connectivity index (χ1n) is 8.67. The molecule has 5 heteroatoms. The molecule has 0 spiro atoms. The Bertz CT molecular complexity index is 800. The molecule has 1 aliphatic carbocycles. The number of hydrogen-bond acceptors (Lipinski definition) is 3. The van der Waals surface area contributed by atoms with Crippen LogP contribution in [0.25, 0.3) is 0 Å². The molecular formula is C21H21ClN2O2. The summed E-state index contributed by atoms with van der Waals surface area (Å²) < 4.78 is 5.72. The highest BCUT2D eigenvalue weighted by molar-refractivity contribution is 6.31. The van der Waals surface area contributed by atoms with Crippen LogP contribution < -0.4 is 10.2 Å². The smallest absolute Gasteiger partial charge is 0.271 e. The summed E-state index contributed by atoms with van der Waals surface area (Å²) in [5.74, 6) is 0.852. The van der Waals surface area contributed by atoms with Gasteiger partial charge in [0.25, 0.3) is 5.91 Å². The lowest BCUT2D eigenvalue weighted by Gasteiger charge is -2.11. The molecule has 2 aromatic carbocycles. The number of rotatable bonds is 6. The number of ether oxygens (including phenoxy) is 1. The fourth-order valence-electron chi connectivity index (χ4n) is 2.70. The average Bonchev–Trinajstić information content (AvgIpc) is 2.68. The SMILES string of the molecule is O=C(N/N=C\[C@H]1CC=CCC1)c1ccc(OCc2ccccc2Cl)cc1. The summed E-state index contributed by atoms with van der Waals surface area (Å²) >= 11 is 6.11. The molecule has 0 bridgehead atoms. The van der Waals surface area contributed by atoms with Crippen LogP contribution in [0, 0.1) is 5.92 Å². The molecule has 0 aliphatic heterocycles. The van der Waals surface area contributed by atoms with Crippen LogP contribution in [0.2, 0.25) is 5.02 Å². The number of allylic oxidation sites excluding steroid dienone is 2. The third-order valence-electron chi connectivity index (χ3n) is 4.23. The van der Waals surface area contributed by atoms with E-state index < -0.39 is 0 Å². The molecule has 0 aromatic heterocycles. The van der Waals surface area contributed by atoms with E-state index in [0.29, 0.717) is 28.9 Å². The molecule has 26 heavy (non-hydrogen) atoms. The molecule has 0 heterocycles. The molecular weight excluding hydrogens is 348 g/mol. The van der Waals surface area contributed by atoms with Crippen molar-refractivity contribution < 1.29 is 9.53 Å². The molecule has 0 unspecified atom stereocenters. The fraction of sp³-hybridized carbons (Fsp3) is 0.238. The second-order valence-electron chi connectivity index (χ2n) is 6.17. The molecule has 0 saturated heterocycles. The van der Waals surface area contributed by atoms with Crippen molar-refractivity contribution in [1.82, 2.24) is 5.43 Å². The van der Waals surface area contributed by atoms with Crippen molar-refractivity contribution in [2.75, 3.05) is 0 Å². The summed E-state index contributed by atoms with van der Waals surface area (Å²) in [6.45, 7) is 0.380. The minimum atomic E-state index is -0.231. The van der Waals surface area contributed by atoms with Crippen LogP contribution in [0.5, 0.6) is 5.75 Å². The molecule has 134 valence electrons. The van der Waals surface area contributed by atoms with Gasteiger partial charge in [0, 0.05) is 22.4 Å². The van der Waals surface area contributed by atoms with E-state index in [0.717, 1.165) is 24.8 Å². The largest absolute Gasteiger partial charge is 0.489 e. The Morgan fingerprint density at radius 2 is 2.00 bits per heavy atom. The normalized spacial score (nSPS) is 16.6. The van der Waals surface area contributed by atoms with Crippen molar-refractivity contribution in [3.05, 3.63) is 76.8 Å². The number of carbonyl (C=O) groups excluding carboxylic acids is 1. The standard InChI is InChI=1S/C21H21ClN2O2/c22-20-9-5-4-8-18(20)15-26-19-12-10-17(11-13-19)21(25)24-23-14-16-6-2-1-3-7-16/h1-2,4-5,8-14,16H,3,6-7,15H2,(H,24,25)/b23-14-/t16-/m0/s1. The van der Waals surface area contributed by atoms with E-state index in [4.69, 9.17) is 16.3 Å². The topological polar surface area (TPSA) is 50.7 Å². The van der Waals surface area contributed by atoms with Gasteiger partial charge in [-0.15, -0.1) is 0 Å². The third-order valence-corrected chi connectivity index (χ3v) is 4.60. The van der Waals surface area contributed by atoms with E-state index in [1.54, 1.807) is 24.3 Å². The molecule has 3 rings (SSSR count). The maximum atomic E-state index is 12.1. The Morgan fingerprint density at radius 1 is 1.19 bits per heavy atom. The Hall–Kier alpha value is -2.59. The van der Waals surface area contributed by atoms with Gasteiger partial charge in [0.2, 0.25) is 0 Å². The summed E-state index contributed by atoms with van der Waals surface area (Å²) in [7, 11) is 0. The van der Waals surface area contributed by atoms with Gasteiger partial charge in [-0.2, -0.15) is 5.10 Å². The van der Waals surface area contributed by atoms with Gasteiger partial charge in [-0.3, -0.25) is 4.79 Å². The average molecular weight is 369 g/mol. The van der Waals surface area contributed by atoms with Gasteiger partial charge >= 0.3 is 0 Å². The van der Waals surface area contributed by atoms with Crippen molar-refractivity contribution in [3.8, 4) is 5.75 Å². The first-order chi connectivity index (χ1) is 12.7. The summed E-state index contributed by atoms with van der Waals surface area (Å²) in [6.07, 6.45) is 9.29. The van der Waals surface area contributed by atoms with E-state index >= 15 is 0 Å². The van der Waals surface area contributed by atoms with Crippen LogP contribution in [-0.4, -0.2) is 12.1 Å². The lowest BCUT2D eigenvalue weighted by molar-refractivity contribution is 0.0955. The highest BCUT2D eigenvalue weighted by Gasteiger charge is 2.08. The molecule has 1 N–H and O–H groups in total. The number of carbonyl (C=O) groups is 1. The number of hydrazone groups is 1. The first kappa shape index (κ1) is 18.2. The molecule has 1 amide bonds. The van der Waals surface area contributed by atoms with E-state index in [1.165, 1.54) is 0 Å². The van der Waals surface area contributed by atoms with Crippen molar-refractivity contribution in [3.63, 3.8) is 0 Å². The molecule has 1 atom stereocenters. The first-order valence-corrected chi connectivity index (χ1v) is 9.05. The second-order valence-corrected chi connectivity index (χ2v) is 6.58. The predicted octanol–water partition coefficient (Wildman–Crippen LogP) is 4.99. The van der Waals surface area contributed by atoms with Gasteiger partial charge in [-0.1, -0.05) is 42.0 Å². The zero-order chi connectivity index (χ0) is 18.2. The van der Waals surface area contributed by atoms with Crippen molar-refractivity contribution in [2.24, 2.45) is 11.0 Å². The molecule has 1 aliphatic rings. The van der Waals surface area contributed by atoms with Crippen molar-refractivity contribution in [2.45, 2.75) is 25.9 Å². The number of hydrogen-bond donors (Lipinski definition) is 1. The van der Waals surface area contributed by atoms with Crippen LogP contribution in [0.15, 0.2) is 65.8 Å². The molecule has 0 radical (unpaired) electrons. The van der Waals surface area contributed by atoms with Crippen molar-refractivity contribution in [1.29, 1.82) is 0 Å². The lowest BCUT2D eigenvalue weighted by Crippen LogP contribution is -2.18. The predicted molar refractivity (Wildman–Crippen MR) is 105 cm³/mol. The number of nitrogens with zero attached hydrogens (tertiary/aromatic N) is 1. The number of halogens is 1. The van der Waals surface area contributed by atoms with Gasteiger partial charge in [-0.05, 0) is 55.5 Å². The Labute approximate surface area is 158 Å². The summed E-state index contributed by atoms with van der Waals surface area (Å²) in [5, 5.41) is 4.75. The summed E-state index contributed by atoms with van der Waals surface area (Å²) in [6, 6.07) is 14.5. The highest BCUT2D eigenvalue weighted by Crippen LogP contribution is 2.19. The van der Waals surface area contributed by atoms with Gasteiger partial charge < -0.3 is 4.74 Å². The maximum absolute atomic E-state index is 12.1. The van der Waals surface area contributed by atoms with Gasteiger partial charge in [0.05, 0.1) is 0 Å². The number of benzene rings is 2. The quantitative estimate of drug-likeness (QED) is 0.443. The maximum Gasteiger partial charge on any atom is 0.271 e. The molecule has 0 saturated carbocycles. The number of nitrogens with one attached hydrogen (secondary N) is 1. The highest BCUT2D eigenvalue weighted by atomic mass is 35.5. The molecule has 0 fully saturated rings. The van der Waals surface area contributed by atoms with Crippen LogP contribution in [0.4, 0.5) is 0 Å². The zero-order valence-electron chi connectivity index (χ0n) is 14.4. The Kier molecular flexibility index (Phi) is 6.45. The van der Waals surface area contributed by atoms with E-state index in [9.17, 15) is 4.79 Å². The van der Waals surface area contributed by atoms with E-state index in [2.05, 4.69) is 22.7 Å². The van der Waals surface area contributed by atoms with Crippen molar-refractivity contribution >= 4 is 23.7 Å². The molecule has 4 nitrogen and oxygen atoms in total. The lowest BCUT2D eigenvalue weighted by atomic mass is 9.96. The van der Waals surface area contributed by atoms with Crippen LogP contribution in [0.1, 0.15) is 35.2 Å². The fourth-order valence-corrected chi connectivity index (χ4v) is 2.89. The number of amides is 1. The van der Waals surface area contributed by atoms with Gasteiger partial charge in [0.15, 0.2) is 0 Å². The monoisotopic (exact) mass is 368 g/mol. The zero-order valence-corrected chi connectivity index (χ0v) is 15.2. The minimum absolute atomic E-state index is 0.231. The van der Waals surface area contributed by atoms with Gasteiger partial charge in [0.1, 0.15) is 12.4 Å². The third kappa shape index (κ3) is 5.20. The van der Waals surface area contributed by atoms with E-state index in [-0.39, 0.29) is 5.91 Å². The van der Waals surface area contributed by atoms with E-state index in [1.807, 2.05) is 30.5 Å². The van der Waals surface area contributed by atoms with Gasteiger partial charge in [-0.25, -0.2) is 5.43 Å². The minimum Gasteiger partial charge on any atom is -0.489 e. The summed E-state index contributed by atoms with van der Waals surface area (Å²) in [5.41, 5.74) is 4.04. The van der Waals surface area contributed by atoms with Crippen LogP contribution in [-0.2, 0) is 6.61 Å². The van der Waals surface area contributed by atoms with Crippen LogP contribution in [0.3, 0.4) is 0 Å². The van der Waals surface area contributed by atoms with Crippen LogP contribution >= 0.6 is 11.6 Å². The molecule has 2 aromatic rings.